The van der Waals surface area contributed by atoms with E-state index < -0.39 is 11.8 Å². The van der Waals surface area contributed by atoms with Crippen LogP contribution in [0, 0.1) is 17.3 Å². The van der Waals surface area contributed by atoms with Gasteiger partial charge in [-0.1, -0.05) is 11.8 Å². The number of nitriles is 1. The van der Waals surface area contributed by atoms with Crippen molar-refractivity contribution in [2.75, 3.05) is 12.9 Å². The lowest BCUT2D eigenvalue weighted by molar-refractivity contribution is 0.0526. The Balaban J connectivity index is 3.09. The van der Waals surface area contributed by atoms with Crippen molar-refractivity contribution in [2.45, 2.75) is 6.92 Å². The maximum atomic E-state index is 13.4. The molecule has 0 atom stereocenters. The van der Waals surface area contributed by atoms with Gasteiger partial charge >= 0.3 is 5.97 Å². The van der Waals surface area contributed by atoms with Gasteiger partial charge in [0.1, 0.15) is 5.82 Å². The van der Waals surface area contributed by atoms with Crippen LogP contribution >= 0.6 is 11.8 Å². The number of esters is 1. The van der Waals surface area contributed by atoms with Gasteiger partial charge in [0.05, 0.1) is 17.9 Å². The van der Waals surface area contributed by atoms with Gasteiger partial charge in [-0.3, -0.25) is 5.32 Å². The first kappa shape index (κ1) is 15.0. The lowest BCUT2D eigenvalue weighted by atomic mass is 10.2. The second-order valence-corrected chi connectivity index (χ2v) is 4.07. The summed E-state index contributed by atoms with van der Waals surface area (Å²) in [6.45, 7) is 1.87. The first-order valence-electron chi connectivity index (χ1n) is 5.36. The Morgan fingerprint density at radius 1 is 1.58 bits per heavy atom. The molecule has 0 unspecified atom stereocenters. The Kier molecular flexibility index (Phi) is 5.82. The molecule has 1 rings (SSSR count). The van der Waals surface area contributed by atoms with Crippen molar-refractivity contribution in [3.05, 3.63) is 29.6 Å². The van der Waals surface area contributed by atoms with Crippen LogP contribution in [0.25, 0.3) is 0 Å². The van der Waals surface area contributed by atoms with E-state index >= 15 is 0 Å². The van der Waals surface area contributed by atoms with Crippen LogP contribution in [0.3, 0.4) is 0 Å². The van der Waals surface area contributed by atoms with Crippen molar-refractivity contribution < 1.29 is 13.9 Å². The molecular weight excluding hydrogens is 269 g/mol. The van der Waals surface area contributed by atoms with Gasteiger partial charge in [-0.05, 0) is 31.4 Å². The second-order valence-electron chi connectivity index (χ2n) is 3.28. The minimum atomic E-state index is -0.614. The zero-order chi connectivity index (χ0) is 14.3. The number of halogens is 1. The van der Waals surface area contributed by atoms with Gasteiger partial charge in [0.25, 0.3) is 0 Å². The van der Waals surface area contributed by atoms with E-state index in [9.17, 15) is 9.18 Å². The molecule has 0 spiro atoms. The average molecular weight is 281 g/mol. The van der Waals surface area contributed by atoms with E-state index in [2.05, 4.69) is 10.3 Å². The zero-order valence-corrected chi connectivity index (χ0v) is 11.3. The fraction of sp³-hybridized carbons (Fsp3) is 0.250. The Morgan fingerprint density at radius 2 is 2.32 bits per heavy atom. The summed E-state index contributed by atoms with van der Waals surface area (Å²) in [6, 6.07) is 3.64. The topological polar surface area (TPSA) is 74.5 Å². The molecule has 0 heterocycles. The Hall–Kier alpha value is -2.07. The van der Waals surface area contributed by atoms with Crippen molar-refractivity contribution in [2.24, 2.45) is 4.99 Å². The third-order valence-corrected chi connectivity index (χ3v) is 2.56. The van der Waals surface area contributed by atoms with E-state index in [0.29, 0.717) is 5.17 Å². The molecule has 19 heavy (non-hydrogen) atoms. The normalized spacial score (nSPS) is 10.7. The molecule has 0 radical (unpaired) electrons. The number of rotatable bonds is 3. The fourth-order valence-electron chi connectivity index (χ4n) is 1.26. The van der Waals surface area contributed by atoms with Crippen molar-refractivity contribution in [1.82, 2.24) is 5.32 Å². The molecule has 0 aliphatic rings. The summed E-state index contributed by atoms with van der Waals surface area (Å²) in [5, 5.41) is 11.2. The molecular formula is C12H12FN3O2S. The quantitative estimate of drug-likeness (QED) is 0.303. The molecule has 100 valence electrons. The number of nitrogens with one attached hydrogen (secondary N) is 1. The lowest BCUT2D eigenvalue weighted by Gasteiger charge is -2.04. The maximum absolute atomic E-state index is 13.4. The molecule has 1 aromatic rings. The number of carbonyl (C=O) groups is 1. The van der Waals surface area contributed by atoms with Crippen molar-refractivity contribution in [3.8, 4) is 6.19 Å². The summed E-state index contributed by atoms with van der Waals surface area (Å²) in [5.74, 6) is -1.21. The molecule has 1 N–H and O–H groups in total. The monoisotopic (exact) mass is 281 g/mol. The van der Waals surface area contributed by atoms with E-state index in [0.717, 1.165) is 12.1 Å². The van der Waals surface area contributed by atoms with E-state index in [1.54, 1.807) is 19.4 Å². The van der Waals surface area contributed by atoms with Gasteiger partial charge in [0.2, 0.25) is 0 Å². The average Bonchev–Trinajstić information content (AvgIpc) is 2.37. The molecule has 0 amide bonds. The zero-order valence-electron chi connectivity index (χ0n) is 10.4. The fourth-order valence-corrected chi connectivity index (χ4v) is 1.61. The van der Waals surface area contributed by atoms with Crippen LogP contribution in [0.2, 0.25) is 0 Å². The summed E-state index contributed by atoms with van der Waals surface area (Å²) in [6.07, 6.45) is 3.44. The summed E-state index contributed by atoms with van der Waals surface area (Å²) in [5.41, 5.74) is 0.313. The Morgan fingerprint density at radius 3 is 2.89 bits per heavy atom. The Labute approximate surface area is 114 Å². The highest BCUT2D eigenvalue weighted by Gasteiger charge is 2.10. The largest absolute Gasteiger partial charge is 0.462 e. The molecule has 0 fully saturated rings. The van der Waals surface area contributed by atoms with Crippen LogP contribution in [0.4, 0.5) is 10.1 Å². The van der Waals surface area contributed by atoms with Crippen LogP contribution in [0.15, 0.2) is 23.2 Å². The third kappa shape index (κ3) is 4.60. The molecule has 0 saturated heterocycles. The predicted molar refractivity (Wildman–Crippen MR) is 71.7 cm³/mol. The van der Waals surface area contributed by atoms with Gasteiger partial charge < -0.3 is 4.74 Å². The first-order chi connectivity index (χ1) is 9.10. The van der Waals surface area contributed by atoms with E-state index in [1.807, 2.05) is 0 Å². The first-order valence-corrected chi connectivity index (χ1v) is 6.58. The molecule has 0 saturated carbocycles. The molecule has 5 nitrogen and oxygen atoms in total. The second kappa shape index (κ2) is 7.38. The number of hydrogen-bond acceptors (Lipinski definition) is 5. The number of benzene rings is 1. The third-order valence-electron chi connectivity index (χ3n) is 1.98. The highest BCUT2D eigenvalue weighted by molar-refractivity contribution is 8.13. The highest BCUT2D eigenvalue weighted by Crippen LogP contribution is 2.19. The Bertz CT molecular complexity index is 540. The molecule has 0 aromatic heterocycles. The SMILES string of the molecule is CCOC(=O)c1cc(F)cc(N=C(NC#N)SC)c1. The summed E-state index contributed by atoms with van der Waals surface area (Å²) >= 11 is 1.20. The number of carbonyl (C=O) groups excluding carboxylic acids is 1. The molecule has 0 aliphatic carbocycles. The van der Waals surface area contributed by atoms with Gasteiger partial charge in [-0.25, -0.2) is 14.2 Å². The number of nitrogens with zero attached hydrogens (tertiary/aromatic N) is 2. The minimum absolute atomic E-state index is 0.0815. The van der Waals surface area contributed by atoms with E-state index in [1.165, 1.54) is 17.8 Å². The smallest absolute Gasteiger partial charge is 0.338 e. The van der Waals surface area contributed by atoms with Crippen LogP contribution in [-0.2, 0) is 4.74 Å². The van der Waals surface area contributed by atoms with Gasteiger partial charge in [0, 0.05) is 0 Å². The molecule has 0 aliphatic heterocycles. The number of aliphatic imine (C=N–C) groups is 1. The molecule has 7 heteroatoms. The molecule has 1 aromatic carbocycles. The number of hydrogen-bond donors (Lipinski definition) is 1. The van der Waals surface area contributed by atoms with Gasteiger partial charge in [-0.2, -0.15) is 5.26 Å². The summed E-state index contributed by atoms with van der Waals surface area (Å²) in [4.78, 5) is 15.5. The van der Waals surface area contributed by atoms with Gasteiger partial charge in [0.15, 0.2) is 11.4 Å². The standard InChI is InChI=1S/C12H12FN3O2S/c1-3-18-11(17)8-4-9(13)6-10(5-8)16-12(19-2)15-7-14/h4-6H,3H2,1-2H3,(H,15,16). The van der Waals surface area contributed by atoms with E-state index in [-0.39, 0.29) is 17.9 Å². The van der Waals surface area contributed by atoms with Crippen LogP contribution < -0.4 is 5.32 Å². The van der Waals surface area contributed by atoms with E-state index in [4.69, 9.17) is 10.00 Å². The van der Waals surface area contributed by atoms with Crippen LogP contribution in [-0.4, -0.2) is 24.0 Å². The van der Waals surface area contributed by atoms with Crippen molar-refractivity contribution in [3.63, 3.8) is 0 Å². The lowest BCUT2D eigenvalue weighted by Crippen LogP contribution is -2.12. The van der Waals surface area contributed by atoms with Crippen LogP contribution in [0.1, 0.15) is 17.3 Å². The summed E-state index contributed by atoms with van der Waals surface area (Å²) in [7, 11) is 0. The highest BCUT2D eigenvalue weighted by atomic mass is 32.2. The predicted octanol–water partition coefficient (Wildman–Crippen LogP) is 2.42. The maximum Gasteiger partial charge on any atom is 0.338 e. The van der Waals surface area contributed by atoms with Crippen molar-refractivity contribution in [1.29, 1.82) is 5.26 Å². The van der Waals surface area contributed by atoms with Crippen molar-refractivity contribution >= 4 is 28.6 Å². The summed E-state index contributed by atoms with van der Waals surface area (Å²) < 4.78 is 18.2. The number of thioether (sulfide) groups is 1. The van der Waals surface area contributed by atoms with Crippen LogP contribution in [0.5, 0.6) is 0 Å². The number of ether oxygens (including phenoxy) is 1. The minimum Gasteiger partial charge on any atom is -0.462 e. The number of amidine groups is 1. The molecule has 0 bridgehead atoms. The van der Waals surface area contributed by atoms with Gasteiger partial charge in [-0.15, -0.1) is 0 Å².